The largest absolute Gasteiger partial charge is 0.495 e. The first kappa shape index (κ1) is 11.7. The van der Waals surface area contributed by atoms with Crippen LogP contribution in [0.5, 0.6) is 5.75 Å². The van der Waals surface area contributed by atoms with Crippen molar-refractivity contribution in [2.75, 3.05) is 18.2 Å². The highest BCUT2D eigenvalue weighted by Crippen LogP contribution is 2.29. The van der Waals surface area contributed by atoms with Gasteiger partial charge in [0.25, 0.3) is 0 Å². The van der Waals surface area contributed by atoms with E-state index in [0.29, 0.717) is 5.82 Å². The number of benzene rings is 1. The van der Waals surface area contributed by atoms with Crippen molar-refractivity contribution in [3.63, 3.8) is 0 Å². The smallest absolute Gasteiger partial charge is 0.222 e. The zero-order chi connectivity index (χ0) is 12.3. The van der Waals surface area contributed by atoms with Crippen molar-refractivity contribution >= 4 is 33.4 Å². The Balaban J connectivity index is 2.34. The van der Waals surface area contributed by atoms with Gasteiger partial charge in [-0.15, -0.1) is 0 Å². The standard InChI is InChI=1S/C11H11BrN4O/c1-17-9-5-3-2-4-8(9)15-10-7(12)6-14-11(13)16-10/h2-6H,1H3,(H3,13,14,15,16). The molecule has 0 unspecified atom stereocenters. The number of hydrogen-bond donors (Lipinski definition) is 2. The summed E-state index contributed by atoms with van der Waals surface area (Å²) in [5.41, 5.74) is 6.35. The van der Waals surface area contributed by atoms with Crippen LogP contribution in [-0.2, 0) is 0 Å². The van der Waals surface area contributed by atoms with Crippen LogP contribution in [0.15, 0.2) is 34.9 Å². The van der Waals surface area contributed by atoms with Gasteiger partial charge in [0, 0.05) is 6.20 Å². The summed E-state index contributed by atoms with van der Waals surface area (Å²) in [6.07, 6.45) is 1.60. The molecule has 6 heteroatoms. The molecule has 0 amide bonds. The molecule has 1 heterocycles. The van der Waals surface area contributed by atoms with Gasteiger partial charge in [0.1, 0.15) is 11.6 Å². The number of aromatic nitrogens is 2. The van der Waals surface area contributed by atoms with Crippen LogP contribution in [0.1, 0.15) is 0 Å². The molecule has 2 rings (SSSR count). The monoisotopic (exact) mass is 294 g/mol. The van der Waals surface area contributed by atoms with Gasteiger partial charge < -0.3 is 15.8 Å². The minimum absolute atomic E-state index is 0.214. The maximum absolute atomic E-state index is 5.54. The van der Waals surface area contributed by atoms with Gasteiger partial charge in [-0.25, -0.2) is 4.98 Å². The fourth-order valence-corrected chi connectivity index (χ4v) is 1.63. The fraction of sp³-hybridized carbons (Fsp3) is 0.0909. The van der Waals surface area contributed by atoms with Crippen LogP contribution in [0, 0.1) is 0 Å². The summed E-state index contributed by atoms with van der Waals surface area (Å²) in [6.45, 7) is 0. The van der Waals surface area contributed by atoms with Gasteiger partial charge in [-0.2, -0.15) is 4.98 Å². The number of rotatable bonds is 3. The molecular weight excluding hydrogens is 284 g/mol. The fourth-order valence-electron chi connectivity index (χ4n) is 1.34. The number of para-hydroxylation sites is 2. The molecule has 1 aromatic heterocycles. The molecule has 0 spiro atoms. The molecule has 0 aliphatic carbocycles. The maximum Gasteiger partial charge on any atom is 0.222 e. The average Bonchev–Trinajstić information content (AvgIpc) is 2.34. The van der Waals surface area contributed by atoms with Gasteiger partial charge in [-0.05, 0) is 28.1 Å². The van der Waals surface area contributed by atoms with E-state index < -0.39 is 0 Å². The van der Waals surface area contributed by atoms with Crippen LogP contribution in [0.4, 0.5) is 17.5 Å². The van der Waals surface area contributed by atoms with Crippen LogP contribution in [0.3, 0.4) is 0 Å². The van der Waals surface area contributed by atoms with E-state index in [1.165, 1.54) is 0 Å². The number of ether oxygens (including phenoxy) is 1. The third-order valence-corrected chi connectivity index (χ3v) is 2.70. The van der Waals surface area contributed by atoms with Crippen molar-refractivity contribution in [3.8, 4) is 5.75 Å². The SMILES string of the molecule is COc1ccccc1Nc1nc(N)ncc1Br. The van der Waals surface area contributed by atoms with E-state index >= 15 is 0 Å². The molecule has 17 heavy (non-hydrogen) atoms. The van der Waals surface area contributed by atoms with E-state index in [-0.39, 0.29) is 5.95 Å². The van der Waals surface area contributed by atoms with Gasteiger partial charge in [0.05, 0.1) is 17.3 Å². The molecule has 0 saturated heterocycles. The quantitative estimate of drug-likeness (QED) is 0.910. The van der Waals surface area contributed by atoms with Crippen molar-refractivity contribution in [2.45, 2.75) is 0 Å². The zero-order valence-electron chi connectivity index (χ0n) is 9.14. The Morgan fingerprint density at radius 3 is 2.88 bits per heavy atom. The van der Waals surface area contributed by atoms with Gasteiger partial charge in [0.2, 0.25) is 5.95 Å². The van der Waals surface area contributed by atoms with Crippen LogP contribution < -0.4 is 15.8 Å². The lowest BCUT2D eigenvalue weighted by Gasteiger charge is -2.11. The molecule has 0 saturated carbocycles. The molecule has 0 bridgehead atoms. The predicted molar refractivity (Wildman–Crippen MR) is 70.4 cm³/mol. The molecule has 0 fully saturated rings. The van der Waals surface area contributed by atoms with Gasteiger partial charge in [0.15, 0.2) is 0 Å². The first-order chi connectivity index (χ1) is 8.20. The first-order valence-electron chi connectivity index (χ1n) is 4.89. The lowest BCUT2D eigenvalue weighted by atomic mass is 10.3. The molecule has 0 aliphatic rings. The van der Waals surface area contributed by atoms with Crippen LogP contribution in [0.2, 0.25) is 0 Å². The number of nitrogens with one attached hydrogen (secondary N) is 1. The Morgan fingerprint density at radius 1 is 1.35 bits per heavy atom. The third kappa shape index (κ3) is 2.65. The summed E-state index contributed by atoms with van der Waals surface area (Å²) in [5.74, 6) is 1.55. The van der Waals surface area contributed by atoms with Crippen molar-refractivity contribution in [3.05, 3.63) is 34.9 Å². The number of nitrogens with two attached hydrogens (primary N) is 1. The number of nitrogen functional groups attached to an aromatic ring is 1. The van der Waals surface area contributed by atoms with Crippen LogP contribution in [0.25, 0.3) is 0 Å². The van der Waals surface area contributed by atoms with Crippen molar-refractivity contribution < 1.29 is 4.74 Å². The summed E-state index contributed by atoms with van der Waals surface area (Å²) in [6, 6.07) is 7.56. The van der Waals surface area contributed by atoms with E-state index in [0.717, 1.165) is 15.9 Å². The minimum Gasteiger partial charge on any atom is -0.495 e. The summed E-state index contributed by atoms with van der Waals surface area (Å²) in [4.78, 5) is 7.97. The second-order valence-corrected chi connectivity index (χ2v) is 4.10. The molecule has 1 aromatic carbocycles. The van der Waals surface area contributed by atoms with Crippen molar-refractivity contribution in [1.82, 2.24) is 9.97 Å². The molecule has 88 valence electrons. The molecule has 3 N–H and O–H groups in total. The summed E-state index contributed by atoms with van der Waals surface area (Å²) < 4.78 is 5.97. The average molecular weight is 295 g/mol. The van der Waals surface area contributed by atoms with E-state index in [9.17, 15) is 0 Å². The number of halogens is 1. The Labute approximate surface area is 107 Å². The molecule has 5 nitrogen and oxygen atoms in total. The van der Waals surface area contributed by atoms with E-state index in [1.54, 1.807) is 13.3 Å². The van der Waals surface area contributed by atoms with E-state index in [4.69, 9.17) is 10.5 Å². The van der Waals surface area contributed by atoms with Crippen molar-refractivity contribution in [1.29, 1.82) is 0 Å². The Hall–Kier alpha value is -1.82. The van der Waals surface area contributed by atoms with Crippen molar-refractivity contribution in [2.24, 2.45) is 0 Å². The number of methoxy groups -OCH3 is 1. The number of nitrogens with zero attached hydrogens (tertiary/aromatic N) is 2. The van der Waals surface area contributed by atoms with Crippen LogP contribution >= 0.6 is 15.9 Å². The molecule has 0 radical (unpaired) electrons. The topological polar surface area (TPSA) is 73.1 Å². The minimum atomic E-state index is 0.214. The lowest BCUT2D eigenvalue weighted by Crippen LogP contribution is -2.01. The molecule has 2 aromatic rings. The molecule has 0 aliphatic heterocycles. The second-order valence-electron chi connectivity index (χ2n) is 3.25. The molecule has 0 atom stereocenters. The predicted octanol–water partition coefficient (Wildman–Crippen LogP) is 2.57. The Morgan fingerprint density at radius 2 is 2.12 bits per heavy atom. The van der Waals surface area contributed by atoms with Crippen LogP contribution in [-0.4, -0.2) is 17.1 Å². The summed E-state index contributed by atoms with van der Waals surface area (Å²) in [7, 11) is 1.61. The maximum atomic E-state index is 5.54. The van der Waals surface area contributed by atoms with E-state index in [2.05, 4.69) is 31.2 Å². The number of anilines is 3. The Kier molecular flexibility index (Phi) is 3.43. The number of hydrogen-bond acceptors (Lipinski definition) is 5. The van der Waals surface area contributed by atoms with Gasteiger partial charge in [-0.3, -0.25) is 0 Å². The summed E-state index contributed by atoms with van der Waals surface area (Å²) >= 11 is 3.35. The summed E-state index contributed by atoms with van der Waals surface area (Å²) in [5, 5.41) is 3.13. The molecular formula is C11H11BrN4O. The van der Waals surface area contributed by atoms with E-state index in [1.807, 2.05) is 24.3 Å². The normalized spacial score (nSPS) is 10.0. The highest BCUT2D eigenvalue weighted by molar-refractivity contribution is 9.10. The first-order valence-corrected chi connectivity index (χ1v) is 5.68. The Bertz CT molecular complexity index is 533. The van der Waals surface area contributed by atoms with Gasteiger partial charge in [-0.1, -0.05) is 12.1 Å². The zero-order valence-corrected chi connectivity index (χ0v) is 10.7. The second kappa shape index (κ2) is 5.01. The third-order valence-electron chi connectivity index (χ3n) is 2.12. The highest BCUT2D eigenvalue weighted by atomic mass is 79.9. The van der Waals surface area contributed by atoms with Gasteiger partial charge >= 0.3 is 0 Å². The lowest BCUT2D eigenvalue weighted by molar-refractivity contribution is 0.417. The highest BCUT2D eigenvalue weighted by Gasteiger charge is 2.06.